The van der Waals surface area contributed by atoms with Crippen LogP contribution < -0.4 is 9.62 Å². The summed E-state index contributed by atoms with van der Waals surface area (Å²) in [5.74, 6) is -3.00. The summed E-state index contributed by atoms with van der Waals surface area (Å²) < 4.78 is 90.2. The standard InChI is InChI=1S/C17H15F5N2O3S/c1-10(16(25)23-15-7-6-12(18)9-14(15)19)24(28(2,26)27)13-5-3-4-11(8-13)17(20,21)22/h3-10H,1-2H3,(H,23,25)/t10-/m0/s1. The van der Waals surface area contributed by atoms with Gasteiger partial charge in [-0.3, -0.25) is 9.10 Å². The normalized spacial score (nSPS) is 13.1. The van der Waals surface area contributed by atoms with Crippen LogP contribution in [-0.4, -0.2) is 26.6 Å². The molecule has 1 atom stereocenters. The van der Waals surface area contributed by atoms with Crippen molar-refractivity contribution in [3.05, 3.63) is 59.7 Å². The van der Waals surface area contributed by atoms with E-state index in [4.69, 9.17) is 0 Å². The number of nitrogens with zero attached hydrogens (tertiary/aromatic N) is 1. The monoisotopic (exact) mass is 422 g/mol. The summed E-state index contributed by atoms with van der Waals surface area (Å²) in [6.45, 7) is 1.12. The number of benzene rings is 2. The van der Waals surface area contributed by atoms with Gasteiger partial charge in [0.15, 0.2) is 0 Å². The molecule has 11 heteroatoms. The topological polar surface area (TPSA) is 66.5 Å². The van der Waals surface area contributed by atoms with Crippen molar-refractivity contribution in [2.45, 2.75) is 19.1 Å². The second-order valence-corrected chi connectivity index (χ2v) is 7.76. The quantitative estimate of drug-likeness (QED) is 0.746. The van der Waals surface area contributed by atoms with Crippen LogP contribution >= 0.6 is 0 Å². The van der Waals surface area contributed by atoms with E-state index >= 15 is 0 Å². The number of sulfonamides is 1. The van der Waals surface area contributed by atoms with E-state index < -0.39 is 51.0 Å². The largest absolute Gasteiger partial charge is 0.416 e. The van der Waals surface area contributed by atoms with Crippen LogP contribution in [-0.2, 0) is 21.0 Å². The van der Waals surface area contributed by atoms with Crippen LogP contribution in [0.25, 0.3) is 0 Å². The Bertz CT molecular complexity index is 993. The summed E-state index contributed by atoms with van der Waals surface area (Å²) in [4.78, 5) is 12.4. The van der Waals surface area contributed by atoms with Crippen LogP contribution in [0, 0.1) is 11.6 Å². The average Bonchev–Trinajstić information content (AvgIpc) is 2.55. The Morgan fingerprint density at radius 1 is 1.11 bits per heavy atom. The van der Waals surface area contributed by atoms with Gasteiger partial charge >= 0.3 is 6.18 Å². The number of rotatable bonds is 5. The molecule has 2 aromatic carbocycles. The highest BCUT2D eigenvalue weighted by Crippen LogP contribution is 2.33. The lowest BCUT2D eigenvalue weighted by atomic mass is 10.1. The first-order chi connectivity index (χ1) is 12.8. The molecule has 0 unspecified atom stereocenters. The fourth-order valence-electron chi connectivity index (χ4n) is 2.46. The van der Waals surface area contributed by atoms with E-state index in [1.807, 2.05) is 0 Å². The summed E-state index contributed by atoms with van der Waals surface area (Å²) in [6.07, 6.45) is -4.00. The van der Waals surface area contributed by atoms with Gasteiger partial charge in [-0.05, 0) is 37.3 Å². The molecule has 0 aromatic heterocycles. The van der Waals surface area contributed by atoms with Crippen LogP contribution in [0.3, 0.4) is 0 Å². The van der Waals surface area contributed by atoms with Gasteiger partial charge < -0.3 is 5.32 Å². The molecule has 0 saturated heterocycles. The Hall–Kier alpha value is -2.69. The number of hydrogen-bond donors (Lipinski definition) is 1. The first-order valence-corrected chi connectivity index (χ1v) is 9.58. The van der Waals surface area contributed by atoms with Gasteiger partial charge in [0.1, 0.15) is 17.7 Å². The van der Waals surface area contributed by atoms with Crippen molar-refractivity contribution < 1.29 is 35.2 Å². The van der Waals surface area contributed by atoms with E-state index in [9.17, 15) is 35.2 Å². The minimum Gasteiger partial charge on any atom is -0.322 e. The Kier molecular flexibility index (Phi) is 5.97. The van der Waals surface area contributed by atoms with Crippen LogP contribution in [0.2, 0.25) is 0 Å². The molecular weight excluding hydrogens is 407 g/mol. The fourth-order valence-corrected chi connectivity index (χ4v) is 3.62. The molecule has 0 radical (unpaired) electrons. The average molecular weight is 422 g/mol. The van der Waals surface area contributed by atoms with Crippen LogP contribution in [0.1, 0.15) is 12.5 Å². The first kappa shape index (κ1) is 21.6. The van der Waals surface area contributed by atoms with Gasteiger partial charge in [-0.1, -0.05) is 6.07 Å². The molecule has 28 heavy (non-hydrogen) atoms. The molecule has 0 bridgehead atoms. The predicted octanol–water partition coefficient (Wildman–Crippen LogP) is 3.78. The zero-order chi connectivity index (χ0) is 21.3. The molecule has 0 aliphatic rings. The fraction of sp³-hybridized carbons (Fsp3) is 0.235. The molecule has 5 nitrogen and oxygen atoms in total. The highest BCUT2D eigenvalue weighted by Gasteiger charge is 2.34. The number of amides is 1. The summed E-state index contributed by atoms with van der Waals surface area (Å²) in [6, 6.07) is 4.24. The van der Waals surface area contributed by atoms with Gasteiger partial charge in [-0.25, -0.2) is 17.2 Å². The molecule has 0 aliphatic heterocycles. The number of nitrogens with one attached hydrogen (secondary N) is 1. The van der Waals surface area contributed by atoms with Crippen molar-refractivity contribution in [1.82, 2.24) is 0 Å². The third-order valence-corrected chi connectivity index (χ3v) is 4.95. The predicted molar refractivity (Wildman–Crippen MR) is 93.2 cm³/mol. The number of carbonyl (C=O) groups excluding carboxylic acids is 1. The van der Waals surface area contributed by atoms with Gasteiger partial charge in [0.25, 0.3) is 0 Å². The van der Waals surface area contributed by atoms with Crippen molar-refractivity contribution >= 4 is 27.3 Å². The van der Waals surface area contributed by atoms with Crippen molar-refractivity contribution in [2.75, 3.05) is 15.9 Å². The maximum absolute atomic E-state index is 13.7. The molecule has 2 rings (SSSR count). The molecule has 0 saturated carbocycles. The SMILES string of the molecule is C[C@@H](C(=O)Nc1ccc(F)cc1F)N(c1cccc(C(F)(F)F)c1)S(C)(=O)=O. The van der Waals surface area contributed by atoms with E-state index in [1.54, 1.807) is 0 Å². The van der Waals surface area contributed by atoms with Crippen LogP contribution in [0.5, 0.6) is 0 Å². The van der Waals surface area contributed by atoms with Gasteiger partial charge in [0.2, 0.25) is 15.9 Å². The maximum Gasteiger partial charge on any atom is 0.416 e. The third kappa shape index (κ3) is 4.97. The zero-order valence-electron chi connectivity index (χ0n) is 14.6. The van der Waals surface area contributed by atoms with Crippen LogP contribution in [0.4, 0.5) is 33.3 Å². The third-order valence-electron chi connectivity index (χ3n) is 3.71. The number of hydrogen-bond acceptors (Lipinski definition) is 3. The number of alkyl halides is 3. The molecular formula is C17H15F5N2O3S. The summed E-state index contributed by atoms with van der Waals surface area (Å²) in [5, 5.41) is 2.10. The Morgan fingerprint density at radius 3 is 2.29 bits per heavy atom. The lowest BCUT2D eigenvalue weighted by Gasteiger charge is -2.28. The molecule has 1 amide bonds. The smallest absolute Gasteiger partial charge is 0.322 e. The van der Waals surface area contributed by atoms with Crippen molar-refractivity contribution in [1.29, 1.82) is 0 Å². The molecule has 152 valence electrons. The maximum atomic E-state index is 13.7. The molecule has 0 aliphatic carbocycles. The number of anilines is 2. The van der Waals surface area contributed by atoms with E-state index in [0.29, 0.717) is 16.4 Å². The summed E-state index contributed by atoms with van der Waals surface area (Å²) in [5.41, 5.74) is -1.90. The molecule has 0 spiro atoms. The Balaban J connectivity index is 2.39. The van der Waals surface area contributed by atoms with Crippen molar-refractivity contribution in [2.24, 2.45) is 0 Å². The van der Waals surface area contributed by atoms with E-state index in [1.165, 1.54) is 0 Å². The Labute approximate surface area is 157 Å². The number of carbonyl (C=O) groups is 1. The molecule has 0 heterocycles. The van der Waals surface area contributed by atoms with E-state index in [-0.39, 0.29) is 5.69 Å². The minimum atomic E-state index is -4.72. The van der Waals surface area contributed by atoms with E-state index in [2.05, 4.69) is 5.32 Å². The van der Waals surface area contributed by atoms with Gasteiger partial charge in [-0.2, -0.15) is 13.2 Å². The van der Waals surface area contributed by atoms with E-state index in [0.717, 1.165) is 43.5 Å². The van der Waals surface area contributed by atoms with Crippen LogP contribution in [0.15, 0.2) is 42.5 Å². The second kappa shape index (κ2) is 7.74. The second-order valence-electron chi connectivity index (χ2n) is 5.90. The molecule has 1 N–H and O–H groups in total. The molecule has 2 aromatic rings. The summed E-state index contributed by atoms with van der Waals surface area (Å²) >= 11 is 0. The Morgan fingerprint density at radius 2 is 1.75 bits per heavy atom. The van der Waals surface area contributed by atoms with Crippen molar-refractivity contribution in [3.63, 3.8) is 0 Å². The van der Waals surface area contributed by atoms with Crippen molar-refractivity contribution in [3.8, 4) is 0 Å². The summed E-state index contributed by atoms with van der Waals surface area (Å²) in [7, 11) is -4.18. The minimum absolute atomic E-state index is 0.389. The van der Waals surface area contributed by atoms with Gasteiger partial charge in [0.05, 0.1) is 23.2 Å². The van der Waals surface area contributed by atoms with Gasteiger partial charge in [-0.15, -0.1) is 0 Å². The lowest BCUT2D eigenvalue weighted by Crippen LogP contribution is -2.45. The molecule has 0 fully saturated rings. The van der Waals surface area contributed by atoms with Gasteiger partial charge in [0, 0.05) is 6.07 Å². The zero-order valence-corrected chi connectivity index (χ0v) is 15.4. The highest BCUT2D eigenvalue weighted by molar-refractivity contribution is 7.92. The lowest BCUT2D eigenvalue weighted by molar-refractivity contribution is -0.137. The first-order valence-electron chi connectivity index (χ1n) is 7.73. The highest BCUT2D eigenvalue weighted by atomic mass is 32.2. The number of halogens is 5.